The van der Waals surface area contributed by atoms with Crippen molar-refractivity contribution in [2.45, 2.75) is 75.5 Å². The number of hydrogen-bond acceptors (Lipinski definition) is 9. The van der Waals surface area contributed by atoms with Gasteiger partial charge in [-0.15, -0.1) is 0 Å². The predicted molar refractivity (Wildman–Crippen MR) is 181 cm³/mol. The molecule has 256 valence electrons. The summed E-state index contributed by atoms with van der Waals surface area (Å²) in [6, 6.07) is 10.9. The van der Waals surface area contributed by atoms with E-state index < -0.39 is 47.8 Å². The Labute approximate surface area is 279 Å². The number of hydrogen-bond donors (Lipinski definition) is 8. The van der Waals surface area contributed by atoms with Gasteiger partial charge >= 0.3 is 0 Å². The van der Waals surface area contributed by atoms with Crippen molar-refractivity contribution in [1.82, 2.24) is 21.3 Å². The number of aromatic hydroxyl groups is 1. The van der Waals surface area contributed by atoms with Crippen molar-refractivity contribution in [3.63, 3.8) is 0 Å². The Bertz CT molecular complexity index is 1370. The maximum Gasteiger partial charge on any atom is 0.243 e. The van der Waals surface area contributed by atoms with Gasteiger partial charge in [-0.2, -0.15) is 0 Å². The van der Waals surface area contributed by atoms with Crippen LogP contribution in [0.5, 0.6) is 5.75 Å². The summed E-state index contributed by atoms with van der Waals surface area (Å²) in [5.74, 6) is -2.41. The van der Waals surface area contributed by atoms with E-state index in [4.69, 9.17) is 17.2 Å². The first-order valence-electron chi connectivity index (χ1n) is 15.3. The summed E-state index contributed by atoms with van der Waals surface area (Å²) in [6.45, 7) is 5.21. The molecule has 0 spiro atoms. The van der Waals surface area contributed by atoms with Gasteiger partial charge in [0.25, 0.3) is 0 Å². The topological polar surface area (TPSA) is 244 Å². The van der Waals surface area contributed by atoms with Gasteiger partial charge in [0.15, 0.2) is 5.96 Å². The molecule has 2 aromatic carbocycles. The third kappa shape index (κ3) is 15.0. The Kier molecular flexibility index (Phi) is 16.2. The second-order valence-electron chi connectivity index (χ2n) is 11.4. The molecule has 0 heterocycles. The van der Waals surface area contributed by atoms with Gasteiger partial charge in [0.05, 0.1) is 12.6 Å². The Morgan fingerprint density at radius 3 is 2.06 bits per heavy atom. The zero-order valence-electron chi connectivity index (χ0n) is 26.9. The lowest BCUT2D eigenvalue weighted by molar-refractivity contribution is -0.134. The van der Waals surface area contributed by atoms with E-state index in [0.717, 1.165) is 16.7 Å². The van der Waals surface area contributed by atoms with E-state index in [2.05, 4.69) is 26.3 Å². The number of carbonyl (C=O) groups is 5. The highest BCUT2D eigenvalue weighted by Crippen LogP contribution is 2.17. The highest BCUT2D eigenvalue weighted by Gasteiger charge is 2.30. The average molecular weight is 671 g/mol. The van der Waals surface area contributed by atoms with Crippen LogP contribution in [-0.2, 0) is 30.4 Å². The average Bonchev–Trinajstić information content (AvgIpc) is 3.01. The van der Waals surface area contributed by atoms with Crippen LogP contribution in [0.15, 0.2) is 64.5 Å². The Hall–Kier alpha value is -4.63. The molecule has 0 aromatic heterocycles. The number of thioether (sulfide) groups is 1. The molecule has 0 saturated heterocycles. The summed E-state index contributed by atoms with van der Waals surface area (Å²) in [5.41, 5.74) is 17.5. The molecule has 0 aliphatic heterocycles. The van der Waals surface area contributed by atoms with Crippen LogP contribution in [0.25, 0.3) is 0 Å². The number of phenols is 1. The fraction of sp³-hybridized carbons (Fsp3) is 0.438. The molecule has 0 unspecified atom stereocenters. The van der Waals surface area contributed by atoms with E-state index >= 15 is 0 Å². The van der Waals surface area contributed by atoms with Gasteiger partial charge in [-0.1, -0.05) is 55.9 Å². The number of carbonyl (C=O) groups excluding carboxylic acids is 5. The zero-order valence-corrected chi connectivity index (χ0v) is 27.7. The van der Waals surface area contributed by atoms with Crippen LogP contribution in [0.1, 0.15) is 45.6 Å². The molecule has 47 heavy (non-hydrogen) atoms. The third-order valence-corrected chi connectivity index (χ3v) is 7.66. The lowest BCUT2D eigenvalue weighted by Gasteiger charge is -2.25. The van der Waals surface area contributed by atoms with Gasteiger partial charge in [0.1, 0.15) is 23.9 Å². The molecule has 4 amide bonds. The zero-order chi connectivity index (χ0) is 34.9. The molecule has 2 rings (SSSR count). The molecule has 0 aliphatic carbocycles. The normalized spacial score (nSPS) is 13.4. The first kappa shape index (κ1) is 38.6. The lowest BCUT2D eigenvalue weighted by Crippen LogP contribution is -2.58. The standard InChI is InChI=1S/C32H46N8O6S/c1-19(2)16-24(33)29(44)40-26(17-21-11-13-22(41)14-12-21)31(46)39-25(10-7-15-36-32(34)35)30(45)38-20(3)28(43)37-18-27(42)47-23-8-5-4-6-9-23/h4-6,8-9,11-14,19-20,24-26,41H,7,10,15-18,33H2,1-3H3,(H,37,43)(H,38,45)(H,39,46)(H,40,44)(H4,34,35,36)/t20-,24-,25-,26-/m0/s1. The van der Waals surface area contributed by atoms with Crippen molar-refractivity contribution in [1.29, 1.82) is 0 Å². The van der Waals surface area contributed by atoms with Crippen molar-refractivity contribution < 1.29 is 29.1 Å². The minimum Gasteiger partial charge on any atom is -0.508 e. The number of rotatable bonds is 18. The molecule has 15 heteroatoms. The monoisotopic (exact) mass is 670 g/mol. The molecular formula is C32H46N8O6S. The third-order valence-electron chi connectivity index (χ3n) is 6.78. The number of phenolic OH excluding ortho intramolecular Hbond substituents is 1. The fourth-order valence-electron chi connectivity index (χ4n) is 4.36. The maximum atomic E-state index is 13.6. The van der Waals surface area contributed by atoms with Crippen molar-refractivity contribution in [2.75, 3.05) is 13.1 Å². The minimum absolute atomic E-state index is 0.0349. The second kappa shape index (κ2) is 19.8. The van der Waals surface area contributed by atoms with Crippen LogP contribution < -0.4 is 38.5 Å². The SMILES string of the molecule is CC(C)C[C@H](N)C(=O)N[C@@H](Cc1ccc(O)cc1)C(=O)N[C@@H](CCCN=C(N)N)C(=O)N[C@@H](C)C(=O)NCC(=O)Sc1ccccc1. The molecule has 0 aliphatic rings. The van der Waals surface area contributed by atoms with Gasteiger partial charge in [-0.25, -0.2) is 0 Å². The van der Waals surface area contributed by atoms with Crippen LogP contribution in [0.4, 0.5) is 0 Å². The van der Waals surface area contributed by atoms with Crippen molar-refractivity contribution in [2.24, 2.45) is 28.1 Å². The molecule has 4 atom stereocenters. The summed E-state index contributed by atoms with van der Waals surface area (Å²) in [6.07, 6.45) is 0.839. The van der Waals surface area contributed by atoms with Crippen LogP contribution in [-0.4, -0.2) is 77.1 Å². The molecule has 14 nitrogen and oxygen atoms in total. The number of nitrogens with zero attached hydrogens (tertiary/aromatic N) is 1. The summed E-state index contributed by atoms with van der Waals surface area (Å²) in [7, 11) is 0. The molecule has 2 aromatic rings. The highest BCUT2D eigenvalue weighted by atomic mass is 32.2. The van der Waals surface area contributed by atoms with E-state index in [-0.39, 0.29) is 48.7 Å². The smallest absolute Gasteiger partial charge is 0.243 e. The summed E-state index contributed by atoms with van der Waals surface area (Å²) < 4.78 is 0. The minimum atomic E-state index is -1.13. The largest absolute Gasteiger partial charge is 0.508 e. The molecule has 11 N–H and O–H groups in total. The van der Waals surface area contributed by atoms with Gasteiger partial charge in [-0.05, 0) is 61.9 Å². The Morgan fingerprint density at radius 2 is 1.45 bits per heavy atom. The van der Waals surface area contributed by atoms with E-state index in [1.165, 1.54) is 19.1 Å². The Morgan fingerprint density at radius 1 is 0.830 bits per heavy atom. The van der Waals surface area contributed by atoms with Crippen molar-refractivity contribution >= 4 is 46.5 Å². The Balaban J connectivity index is 2.14. The van der Waals surface area contributed by atoms with Crippen LogP contribution in [0.3, 0.4) is 0 Å². The maximum absolute atomic E-state index is 13.6. The van der Waals surface area contributed by atoms with Crippen LogP contribution in [0.2, 0.25) is 0 Å². The number of guanidine groups is 1. The molecular weight excluding hydrogens is 624 g/mol. The van der Waals surface area contributed by atoms with Crippen LogP contribution >= 0.6 is 11.8 Å². The van der Waals surface area contributed by atoms with Crippen LogP contribution in [0, 0.1) is 5.92 Å². The fourth-order valence-corrected chi connectivity index (χ4v) is 5.06. The number of nitrogens with one attached hydrogen (secondary N) is 4. The summed E-state index contributed by atoms with van der Waals surface area (Å²) in [4.78, 5) is 69.6. The van der Waals surface area contributed by atoms with E-state index in [1.807, 2.05) is 19.9 Å². The van der Waals surface area contributed by atoms with E-state index in [1.54, 1.807) is 36.4 Å². The second-order valence-corrected chi connectivity index (χ2v) is 12.5. The predicted octanol–water partition coefficient (Wildman–Crippen LogP) is 0.271. The van der Waals surface area contributed by atoms with E-state index in [9.17, 15) is 29.1 Å². The summed E-state index contributed by atoms with van der Waals surface area (Å²) in [5, 5.41) is 19.9. The molecule has 0 bridgehead atoms. The lowest BCUT2D eigenvalue weighted by atomic mass is 10.0. The van der Waals surface area contributed by atoms with Crippen molar-refractivity contribution in [3.8, 4) is 5.75 Å². The summed E-state index contributed by atoms with van der Waals surface area (Å²) >= 11 is 0.981. The van der Waals surface area contributed by atoms with Gasteiger partial charge < -0.3 is 43.6 Å². The molecule has 0 fully saturated rings. The number of benzene rings is 2. The highest BCUT2D eigenvalue weighted by molar-refractivity contribution is 8.13. The number of nitrogens with two attached hydrogens (primary N) is 3. The molecule has 0 saturated carbocycles. The molecule has 0 radical (unpaired) electrons. The first-order valence-corrected chi connectivity index (χ1v) is 16.1. The first-order chi connectivity index (χ1) is 22.2. The quantitative estimate of drug-likeness (QED) is 0.0466. The van der Waals surface area contributed by atoms with Gasteiger partial charge in [0, 0.05) is 17.9 Å². The number of amides is 4. The number of aliphatic imine (C=N–C) groups is 1. The van der Waals surface area contributed by atoms with Crippen molar-refractivity contribution in [3.05, 3.63) is 60.2 Å². The van der Waals surface area contributed by atoms with Gasteiger partial charge in [0.2, 0.25) is 28.7 Å². The van der Waals surface area contributed by atoms with Gasteiger partial charge in [-0.3, -0.25) is 29.0 Å². The van der Waals surface area contributed by atoms with E-state index in [0.29, 0.717) is 18.4 Å².